The number of ketones is 1. The lowest BCUT2D eigenvalue weighted by atomic mass is 10.0. The minimum atomic E-state index is -0.536. The highest BCUT2D eigenvalue weighted by molar-refractivity contribution is 9.10. The molecule has 0 radical (unpaired) electrons. The van der Waals surface area contributed by atoms with Gasteiger partial charge >= 0.3 is 0 Å². The van der Waals surface area contributed by atoms with E-state index < -0.39 is 4.92 Å². The van der Waals surface area contributed by atoms with Crippen molar-refractivity contribution in [1.82, 2.24) is 9.83 Å². The highest BCUT2D eigenvalue weighted by Crippen LogP contribution is 2.25. The molecule has 4 rings (SSSR count). The topological polar surface area (TPSA) is 106 Å². The van der Waals surface area contributed by atoms with Crippen LogP contribution in [0.25, 0.3) is 5.52 Å². The van der Waals surface area contributed by atoms with Gasteiger partial charge in [-0.1, -0.05) is 34.1 Å². The van der Waals surface area contributed by atoms with E-state index >= 15 is 0 Å². The number of pyridine rings is 1. The molecular formula is C24H17BrN4O4. The fourth-order valence-electron chi connectivity index (χ4n) is 3.52. The summed E-state index contributed by atoms with van der Waals surface area (Å²) in [5.41, 5.74) is 5.38. The number of nitrogens with zero attached hydrogens (tertiary/aromatic N) is 3. The molecule has 2 heterocycles. The minimum absolute atomic E-state index is 0.156. The zero-order valence-electron chi connectivity index (χ0n) is 17.4. The quantitative estimate of drug-likeness (QED) is 0.174. The number of aromatic nitrogens is 1. The van der Waals surface area contributed by atoms with Crippen LogP contribution in [0.2, 0.25) is 0 Å². The number of benzene rings is 2. The molecule has 1 N–H and O–H groups in total. The number of nitrogens with one attached hydrogen (secondary N) is 1. The van der Waals surface area contributed by atoms with Gasteiger partial charge in [0.15, 0.2) is 0 Å². The molecule has 0 aliphatic carbocycles. The number of non-ortho nitro benzene ring substituents is 1. The molecule has 9 heteroatoms. The summed E-state index contributed by atoms with van der Waals surface area (Å²) in [5, 5.41) is 15.2. The zero-order chi connectivity index (χ0) is 23.5. The second kappa shape index (κ2) is 9.17. The van der Waals surface area contributed by atoms with Crippen molar-refractivity contribution in [2.45, 2.75) is 6.92 Å². The monoisotopic (exact) mass is 504 g/mol. The SMILES string of the molecule is Cc1c(C=NNC(=O)c2ccc(Br)cc2)c2ccccn2c1C(=O)c1cccc([N+](=O)[O-])c1. The van der Waals surface area contributed by atoms with Crippen LogP contribution < -0.4 is 5.43 Å². The molecule has 0 unspecified atom stereocenters. The largest absolute Gasteiger partial charge is 0.313 e. The molecule has 0 aliphatic rings. The lowest BCUT2D eigenvalue weighted by molar-refractivity contribution is -0.384. The molecule has 0 saturated carbocycles. The van der Waals surface area contributed by atoms with Gasteiger partial charge in [-0.3, -0.25) is 19.7 Å². The Morgan fingerprint density at radius 3 is 2.55 bits per heavy atom. The van der Waals surface area contributed by atoms with E-state index in [-0.39, 0.29) is 22.9 Å². The number of nitro groups is 1. The van der Waals surface area contributed by atoms with Gasteiger partial charge in [-0.2, -0.15) is 5.10 Å². The van der Waals surface area contributed by atoms with Gasteiger partial charge in [0, 0.05) is 39.5 Å². The molecule has 33 heavy (non-hydrogen) atoms. The van der Waals surface area contributed by atoms with Crippen LogP contribution in [-0.4, -0.2) is 27.2 Å². The van der Waals surface area contributed by atoms with Crippen LogP contribution in [-0.2, 0) is 0 Å². The van der Waals surface area contributed by atoms with Crippen molar-refractivity contribution < 1.29 is 14.5 Å². The molecule has 8 nitrogen and oxygen atoms in total. The van der Waals surface area contributed by atoms with Crippen LogP contribution in [0.15, 0.2) is 82.5 Å². The van der Waals surface area contributed by atoms with Crippen molar-refractivity contribution in [1.29, 1.82) is 0 Å². The maximum absolute atomic E-state index is 13.3. The van der Waals surface area contributed by atoms with E-state index in [0.717, 1.165) is 4.47 Å². The molecular weight excluding hydrogens is 488 g/mol. The van der Waals surface area contributed by atoms with Gasteiger partial charge in [0.25, 0.3) is 11.6 Å². The first-order valence-electron chi connectivity index (χ1n) is 9.84. The van der Waals surface area contributed by atoms with E-state index in [1.807, 2.05) is 12.1 Å². The Morgan fingerprint density at radius 2 is 1.82 bits per heavy atom. The van der Waals surface area contributed by atoms with E-state index in [1.165, 1.54) is 24.4 Å². The van der Waals surface area contributed by atoms with E-state index in [9.17, 15) is 19.7 Å². The average molecular weight is 505 g/mol. The number of amides is 1. The van der Waals surface area contributed by atoms with E-state index in [2.05, 4.69) is 26.5 Å². The van der Waals surface area contributed by atoms with E-state index in [1.54, 1.807) is 53.9 Å². The Labute approximate surface area is 196 Å². The fraction of sp³-hybridized carbons (Fsp3) is 0.0417. The van der Waals surface area contributed by atoms with Gasteiger partial charge in [-0.05, 0) is 48.9 Å². The predicted octanol–water partition coefficient (Wildman–Crippen LogP) is 4.91. The van der Waals surface area contributed by atoms with Crippen molar-refractivity contribution in [2.24, 2.45) is 5.10 Å². The van der Waals surface area contributed by atoms with Crippen LogP contribution in [0.3, 0.4) is 0 Å². The predicted molar refractivity (Wildman–Crippen MR) is 128 cm³/mol. The summed E-state index contributed by atoms with van der Waals surface area (Å²) >= 11 is 3.33. The smallest absolute Gasteiger partial charge is 0.271 e. The lowest BCUT2D eigenvalue weighted by Crippen LogP contribution is -2.17. The molecule has 2 aromatic heterocycles. The number of hydrazone groups is 1. The third kappa shape index (κ3) is 4.44. The molecule has 0 aliphatic heterocycles. The highest BCUT2D eigenvalue weighted by atomic mass is 79.9. The molecule has 2 aromatic carbocycles. The summed E-state index contributed by atoms with van der Waals surface area (Å²) < 4.78 is 2.58. The normalized spacial score (nSPS) is 11.1. The van der Waals surface area contributed by atoms with Crippen molar-refractivity contribution in [3.63, 3.8) is 0 Å². The Kier molecular flexibility index (Phi) is 6.14. The molecule has 0 atom stereocenters. The van der Waals surface area contributed by atoms with Crippen molar-refractivity contribution in [2.75, 3.05) is 0 Å². The highest BCUT2D eigenvalue weighted by Gasteiger charge is 2.22. The number of carbonyl (C=O) groups is 2. The summed E-state index contributed by atoms with van der Waals surface area (Å²) in [7, 11) is 0. The maximum Gasteiger partial charge on any atom is 0.271 e. The number of hydrogen-bond donors (Lipinski definition) is 1. The number of carbonyl (C=O) groups excluding carboxylic acids is 2. The lowest BCUT2D eigenvalue weighted by Gasteiger charge is -2.04. The Hall–Kier alpha value is -4.11. The first-order valence-corrected chi connectivity index (χ1v) is 10.6. The van der Waals surface area contributed by atoms with Gasteiger partial charge in [0.05, 0.1) is 22.3 Å². The molecule has 0 spiro atoms. The molecule has 4 aromatic rings. The first-order chi connectivity index (χ1) is 15.9. The van der Waals surface area contributed by atoms with Gasteiger partial charge in [-0.15, -0.1) is 0 Å². The second-order valence-corrected chi connectivity index (χ2v) is 8.10. The van der Waals surface area contributed by atoms with Crippen LogP contribution in [0.4, 0.5) is 5.69 Å². The third-order valence-electron chi connectivity index (χ3n) is 5.14. The summed E-state index contributed by atoms with van der Waals surface area (Å²) in [5.74, 6) is -0.719. The molecule has 1 amide bonds. The molecule has 0 saturated heterocycles. The zero-order valence-corrected chi connectivity index (χ0v) is 18.9. The molecule has 0 bridgehead atoms. The summed E-state index contributed by atoms with van der Waals surface area (Å²) in [6, 6.07) is 17.9. The maximum atomic E-state index is 13.3. The van der Waals surface area contributed by atoms with E-state index in [4.69, 9.17) is 0 Å². The number of hydrogen-bond acceptors (Lipinski definition) is 5. The first kappa shape index (κ1) is 22.1. The summed E-state index contributed by atoms with van der Waals surface area (Å²) in [6.45, 7) is 1.77. The van der Waals surface area contributed by atoms with Gasteiger partial charge in [-0.25, -0.2) is 5.43 Å². The summed E-state index contributed by atoms with van der Waals surface area (Å²) in [6.07, 6.45) is 3.23. The number of rotatable bonds is 6. The summed E-state index contributed by atoms with van der Waals surface area (Å²) in [4.78, 5) is 36.2. The van der Waals surface area contributed by atoms with Crippen LogP contribution in [0, 0.1) is 17.0 Å². The Balaban J connectivity index is 1.69. The fourth-order valence-corrected chi connectivity index (χ4v) is 3.78. The third-order valence-corrected chi connectivity index (χ3v) is 5.67. The van der Waals surface area contributed by atoms with Crippen LogP contribution >= 0.6 is 15.9 Å². The minimum Gasteiger partial charge on any atom is -0.313 e. The van der Waals surface area contributed by atoms with Crippen molar-refractivity contribution in [3.05, 3.63) is 115 Å². The average Bonchev–Trinajstić information content (AvgIpc) is 3.10. The van der Waals surface area contributed by atoms with E-state index in [0.29, 0.717) is 27.9 Å². The van der Waals surface area contributed by atoms with Crippen LogP contribution in [0.1, 0.15) is 37.5 Å². The molecule has 164 valence electrons. The van der Waals surface area contributed by atoms with Gasteiger partial charge in [0.2, 0.25) is 5.78 Å². The van der Waals surface area contributed by atoms with Crippen LogP contribution in [0.5, 0.6) is 0 Å². The van der Waals surface area contributed by atoms with Crippen molar-refractivity contribution >= 4 is 45.0 Å². The standard InChI is InChI=1S/C24H17BrN4O4/c1-15-20(14-26-27-24(31)16-8-10-18(25)11-9-16)21-7-2-3-12-28(21)22(15)23(30)17-5-4-6-19(13-17)29(32)33/h2-14H,1H3,(H,27,31). The Morgan fingerprint density at radius 1 is 1.06 bits per heavy atom. The van der Waals surface area contributed by atoms with Crippen molar-refractivity contribution in [3.8, 4) is 0 Å². The number of fused-ring (bicyclic) bond motifs is 1. The van der Waals surface area contributed by atoms with Gasteiger partial charge in [0.1, 0.15) is 0 Å². The number of halogens is 1. The number of nitro benzene ring substituents is 1. The Bertz CT molecular complexity index is 1420. The molecule has 0 fully saturated rings. The second-order valence-electron chi connectivity index (χ2n) is 7.19. The van der Waals surface area contributed by atoms with Gasteiger partial charge < -0.3 is 4.40 Å².